The van der Waals surface area contributed by atoms with Crippen molar-refractivity contribution in [2.24, 2.45) is 0 Å². The predicted molar refractivity (Wildman–Crippen MR) is 85.1 cm³/mol. The SMILES string of the molecule is CCc1ccc(Cc2ccc(O)c(P(O)(O)=S)c2)cc1. The third kappa shape index (κ3) is 3.68. The molecule has 0 saturated carbocycles. The number of phenolic OH excluding ortho intramolecular Hbond substituents is 1. The third-order valence-corrected chi connectivity index (χ3v) is 4.77. The molecule has 0 amide bonds. The molecule has 0 aliphatic carbocycles. The third-order valence-electron chi connectivity index (χ3n) is 3.19. The molecular weight excluding hydrogens is 291 g/mol. The van der Waals surface area contributed by atoms with Gasteiger partial charge in [0, 0.05) is 0 Å². The van der Waals surface area contributed by atoms with E-state index in [1.54, 1.807) is 12.1 Å². The smallest absolute Gasteiger partial charge is 0.218 e. The molecule has 0 spiro atoms. The van der Waals surface area contributed by atoms with Crippen molar-refractivity contribution in [1.82, 2.24) is 0 Å². The Balaban J connectivity index is 2.27. The summed E-state index contributed by atoms with van der Waals surface area (Å²) in [5.41, 5.74) is 3.30. The van der Waals surface area contributed by atoms with Crippen molar-refractivity contribution in [1.29, 1.82) is 0 Å². The Morgan fingerprint density at radius 3 is 2.05 bits per heavy atom. The van der Waals surface area contributed by atoms with Crippen LogP contribution in [0.25, 0.3) is 0 Å². The Labute approximate surface area is 123 Å². The fourth-order valence-electron chi connectivity index (χ4n) is 2.04. The molecule has 0 aromatic heterocycles. The van der Waals surface area contributed by atoms with E-state index in [1.807, 2.05) is 0 Å². The Bertz CT molecular complexity index is 647. The molecule has 3 nitrogen and oxygen atoms in total. The van der Waals surface area contributed by atoms with E-state index in [4.69, 9.17) is 0 Å². The average Bonchev–Trinajstić information content (AvgIpc) is 2.40. The summed E-state index contributed by atoms with van der Waals surface area (Å²) in [6, 6.07) is 13.1. The first-order valence-corrected chi connectivity index (χ1v) is 9.06. The van der Waals surface area contributed by atoms with Gasteiger partial charge in [0.2, 0.25) is 6.49 Å². The van der Waals surface area contributed by atoms with Gasteiger partial charge in [-0.3, -0.25) is 0 Å². The number of phenols is 1. The van der Waals surface area contributed by atoms with Gasteiger partial charge in [-0.25, -0.2) is 0 Å². The molecule has 106 valence electrons. The van der Waals surface area contributed by atoms with Crippen LogP contribution in [0.5, 0.6) is 5.75 Å². The normalized spacial score (nSPS) is 11.6. The second-order valence-electron chi connectivity index (χ2n) is 4.71. The van der Waals surface area contributed by atoms with Gasteiger partial charge in [-0.05, 0) is 53.5 Å². The first-order chi connectivity index (χ1) is 9.40. The van der Waals surface area contributed by atoms with Crippen LogP contribution in [0, 0.1) is 0 Å². The molecule has 0 saturated heterocycles. The van der Waals surface area contributed by atoms with Crippen molar-refractivity contribution in [3.05, 3.63) is 59.2 Å². The second-order valence-corrected chi connectivity index (χ2v) is 7.81. The van der Waals surface area contributed by atoms with Crippen LogP contribution >= 0.6 is 6.49 Å². The number of aryl methyl sites for hydroxylation is 1. The first-order valence-electron chi connectivity index (χ1n) is 6.36. The van der Waals surface area contributed by atoms with Crippen LogP contribution in [0.15, 0.2) is 42.5 Å². The Hall–Kier alpha value is -1.19. The van der Waals surface area contributed by atoms with Gasteiger partial charge >= 0.3 is 0 Å². The number of benzene rings is 2. The van der Waals surface area contributed by atoms with E-state index in [0.717, 1.165) is 17.5 Å². The van der Waals surface area contributed by atoms with Gasteiger partial charge in [-0.15, -0.1) is 0 Å². The zero-order valence-corrected chi connectivity index (χ0v) is 12.9. The molecule has 0 heterocycles. The second kappa shape index (κ2) is 6.06. The molecule has 0 unspecified atom stereocenters. The molecule has 2 rings (SSSR count). The van der Waals surface area contributed by atoms with Crippen molar-refractivity contribution in [3.63, 3.8) is 0 Å². The highest BCUT2D eigenvalue weighted by Crippen LogP contribution is 2.37. The molecule has 0 fully saturated rings. The van der Waals surface area contributed by atoms with Gasteiger partial charge in [0.15, 0.2) is 0 Å². The lowest BCUT2D eigenvalue weighted by Gasteiger charge is -2.12. The fraction of sp³-hybridized carbons (Fsp3) is 0.200. The molecule has 0 bridgehead atoms. The van der Waals surface area contributed by atoms with Gasteiger partial charge in [0.25, 0.3) is 0 Å². The standard InChI is InChI=1S/C15H17O3PS/c1-2-11-3-5-12(6-4-11)9-13-7-8-14(16)15(10-13)19(17,18)20/h3-8,10,16H,2,9H2,1H3,(H2,17,18,20). The van der Waals surface area contributed by atoms with E-state index in [2.05, 4.69) is 43.0 Å². The molecule has 0 radical (unpaired) electrons. The maximum Gasteiger partial charge on any atom is 0.218 e. The van der Waals surface area contributed by atoms with Crippen LogP contribution in [0.2, 0.25) is 0 Å². The molecule has 0 aliphatic rings. The summed E-state index contributed by atoms with van der Waals surface area (Å²) in [6.45, 7) is -1.51. The van der Waals surface area contributed by atoms with Crippen molar-refractivity contribution in [3.8, 4) is 5.75 Å². The van der Waals surface area contributed by atoms with Crippen LogP contribution < -0.4 is 5.30 Å². The summed E-state index contributed by atoms with van der Waals surface area (Å²) in [7, 11) is 0. The molecule has 20 heavy (non-hydrogen) atoms. The van der Waals surface area contributed by atoms with Crippen molar-refractivity contribution >= 4 is 23.6 Å². The molecular formula is C15H17O3PS. The number of hydrogen-bond acceptors (Lipinski definition) is 2. The van der Waals surface area contributed by atoms with Gasteiger partial charge in [0.1, 0.15) is 5.75 Å². The van der Waals surface area contributed by atoms with Crippen LogP contribution in [-0.2, 0) is 24.6 Å². The van der Waals surface area contributed by atoms with Crippen molar-refractivity contribution < 1.29 is 14.9 Å². The summed E-state index contributed by atoms with van der Waals surface area (Å²) in [6.07, 6.45) is 1.66. The Kier molecular flexibility index (Phi) is 4.61. The van der Waals surface area contributed by atoms with E-state index in [-0.39, 0.29) is 11.1 Å². The Morgan fingerprint density at radius 2 is 1.50 bits per heavy atom. The lowest BCUT2D eigenvalue weighted by atomic mass is 10.0. The van der Waals surface area contributed by atoms with Gasteiger partial charge in [-0.1, -0.05) is 37.3 Å². The minimum Gasteiger partial charge on any atom is -0.507 e. The van der Waals surface area contributed by atoms with Crippen LogP contribution in [0.1, 0.15) is 23.6 Å². The Morgan fingerprint density at radius 1 is 0.950 bits per heavy atom. The van der Waals surface area contributed by atoms with Gasteiger partial charge < -0.3 is 14.9 Å². The van der Waals surface area contributed by atoms with Crippen molar-refractivity contribution in [2.75, 3.05) is 0 Å². The van der Waals surface area contributed by atoms with Gasteiger partial charge in [-0.2, -0.15) is 0 Å². The van der Waals surface area contributed by atoms with Crippen LogP contribution in [0.3, 0.4) is 0 Å². The van der Waals surface area contributed by atoms with E-state index < -0.39 is 6.49 Å². The maximum absolute atomic E-state index is 9.65. The lowest BCUT2D eigenvalue weighted by molar-refractivity contribution is 0.468. The zero-order chi connectivity index (χ0) is 14.8. The zero-order valence-electron chi connectivity index (χ0n) is 11.2. The van der Waals surface area contributed by atoms with E-state index >= 15 is 0 Å². The monoisotopic (exact) mass is 308 g/mol. The molecule has 0 aliphatic heterocycles. The number of hydrogen-bond donors (Lipinski definition) is 3. The minimum atomic E-state index is -3.62. The predicted octanol–water partition coefficient (Wildman–Crippen LogP) is 2.46. The molecule has 3 N–H and O–H groups in total. The highest BCUT2D eigenvalue weighted by atomic mass is 32.5. The average molecular weight is 308 g/mol. The lowest BCUT2D eigenvalue weighted by Crippen LogP contribution is -2.06. The number of rotatable bonds is 4. The van der Waals surface area contributed by atoms with Crippen LogP contribution in [0.4, 0.5) is 0 Å². The largest absolute Gasteiger partial charge is 0.507 e. The summed E-state index contributed by atoms with van der Waals surface area (Å²) in [5.74, 6) is -0.164. The maximum atomic E-state index is 9.65. The summed E-state index contributed by atoms with van der Waals surface area (Å²) >= 11 is 4.66. The molecule has 2 aromatic rings. The quantitative estimate of drug-likeness (QED) is 0.759. The minimum absolute atomic E-state index is 0.0511. The fourth-order valence-corrected chi connectivity index (χ4v) is 3.19. The topological polar surface area (TPSA) is 60.7 Å². The highest BCUT2D eigenvalue weighted by molar-refractivity contribution is 8.12. The van der Waals surface area contributed by atoms with E-state index in [1.165, 1.54) is 11.6 Å². The number of aromatic hydroxyl groups is 1. The first kappa shape index (κ1) is 15.2. The molecule has 5 heteroatoms. The summed E-state index contributed by atoms with van der Waals surface area (Å²) in [5, 5.41) is 9.70. The van der Waals surface area contributed by atoms with E-state index in [9.17, 15) is 14.9 Å². The van der Waals surface area contributed by atoms with E-state index in [0.29, 0.717) is 6.42 Å². The van der Waals surface area contributed by atoms with Crippen LogP contribution in [-0.4, -0.2) is 14.9 Å². The highest BCUT2D eigenvalue weighted by Gasteiger charge is 2.17. The van der Waals surface area contributed by atoms with Gasteiger partial charge in [0.05, 0.1) is 5.30 Å². The molecule has 0 atom stereocenters. The summed E-state index contributed by atoms with van der Waals surface area (Å²) in [4.78, 5) is 19.1. The van der Waals surface area contributed by atoms with Crippen molar-refractivity contribution in [2.45, 2.75) is 19.8 Å². The summed E-state index contributed by atoms with van der Waals surface area (Å²) < 4.78 is 0. The molecule has 2 aromatic carbocycles.